The smallest absolute Gasteiger partial charge is 0.234 e. The molecule has 1 rings (SSSR count). The van der Waals surface area contributed by atoms with E-state index >= 15 is 0 Å². The summed E-state index contributed by atoms with van der Waals surface area (Å²) in [5, 5.41) is 14.0. The number of nitrogens with two attached hydrogens (primary N) is 1. The van der Waals surface area contributed by atoms with Gasteiger partial charge in [0.25, 0.3) is 0 Å². The summed E-state index contributed by atoms with van der Waals surface area (Å²) < 4.78 is 1.57. The Morgan fingerprint density at radius 3 is 3.18 bits per heavy atom. The highest BCUT2D eigenvalue weighted by Gasteiger charge is 2.17. The maximum Gasteiger partial charge on any atom is 0.234 e. The predicted octanol–water partition coefficient (Wildman–Crippen LogP) is -1.14. The summed E-state index contributed by atoms with van der Waals surface area (Å²) in [4.78, 5) is 11.6. The molecule has 92 valence electrons. The minimum atomic E-state index is -0.314. The van der Waals surface area contributed by atoms with Gasteiger partial charge in [0.2, 0.25) is 11.1 Å². The van der Waals surface area contributed by atoms with E-state index in [-0.39, 0.29) is 17.7 Å². The van der Waals surface area contributed by atoms with Crippen LogP contribution in [0.15, 0.2) is 5.16 Å². The van der Waals surface area contributed by atoms with E-state index in [9.17, 15) is 4.79 Å². The first-order valence-corrected chi connectivity index (χ1v) is 5.91. The maximum absolute atomic E-state index is 11.6. The van der Waals surface area contributed by atoms with Crippen LogP contribution in [-0.4, -0.2) is 44.5 Å². The molecule has 17 heavy (non-hydrogen) atoms. The minimum Gasteiger partial charge on any atom is -0.344 e. The zero-order valence-corrected chi connectivity index (χ0v) is 10.3. The second-order valence-electron chi connectivity index (χ2n) is 3.16. The molecule has 1 unspecified atom stereocenters. The van der Waals surface area contributed by atoms with Crippen LogP contribution in [0.3, 0.4) is 0 Å². The first-order chi connectivity index (χ1) is 8.19. The Labute approximate surface area is 104 Å². The van der Waals surface area contributed by atoms with E-state index < -0.39 is 0 Å². The number of amides is 1. The van der Waals surface area contributed by atoms with Crippen LogP contribution in [-0.2, 0) is 11.3 Å². The second kappa shape index (κ2) is 6.88. The van der Waals surface area contributed by atoms with Crippen molar-refractivity contribution in [3.05, 3.63) is 0 Å². The summed E-state index contributed by atoms with van der Waals surface area (Å²) in [6, 6.07) is 0. The SMILES string of the molecule is C#CCNC(=O)C(C)Sc1nnnn1CCN. The first-order valence-electron chi connectivity index (χ1n) is 5.03. The standard InChI is InChI=1S/C9H14N6OS/c1-3-5-11-8(16)7(2)17-9-12-13-14-15(9)6-4-10/h1,7H,4-6,10H2,2H3,(H,11,16). The largest absolute Gasteiger partial charge is 0.344 e. The Kier molecular flexibility index (Phi) is 5.45. The lowest BCUT2D eigenvalue weighted by Gasteiger charge is -2.09. The fourth-order valence-corrected chi connectivity index (χ4v) is 1.88. The zero-order chi connectivity index (χ0) is 12.7. The molecule has 0 aromatic carbocycles. The Morgan fingerprint density at radius 2 is 2.53 bits per heavy atom. The van der Waals surface area contributed by atoms with E-state index in [1.54, 1.807) is 11.6 Å². The molecule has 1 heterocycles. The molecule has 8 heteroatoms. The highest BCUT2D eigenvalue weighted by atomic mass is 32.2. The zero-order valence-electron chi connectivity index (χ0n) is 9.46. The van der Waals surface area contributed by atoms with Crippen LogP contribution in [0.2, 0.25) is 0 Å². The molecule has 0 aliphatic heterocycles. The quantitative estimate of drug-likeness (QED) is 0.492. The lowest BCUT2D eigenvalue weighted by molar-refractivity contribution is -0.120. The van der Waals surface area contributed by atoms with Gasteiger partial charge in [0, 0.05) is 6.54 Å². The van der Waals surface area contributed by atoms with E-state index in [2.05, 4.69) is 26.8 Å². The third-order valence-electron chi connectivity index (χ3n) is 1.86. The molecule has 1 aromatic rings. The van der Waals surface area contributed by atoms with Crippen molar-refractivity contribution in [1.29, 1.82) is 0 Å². The summed E-state index contributed by atoms with van der Waals surface area (Å²) >= 11 is 1.27. The van der Waals surface area contributed by atoms with Crippen molar-refractivity contribution in [2.24, 2.45) is 5.73 Å². The van der Waals surface area contributed by atoms with Crippen molar-refractivity contribution < 1.29 is 4.79 Å². The third kappa shape index (κ3) is 4.05. The van der Waals surface area contributed by atoms with E-state index in [0.29, 0.717) is 18.2 Å². The van der Waals surface area contributed by atoms with Crippen LogP contribution in [0.4, 0.5) is 0 Å². The van der Waals surface area contributed by atoms with Crippen LogP contribution < -0.4 is 11.1 Å². The van der Waals surface area contributed by atoms with Crippen molar-refractivity contribution in [2.45, 2.75) is 23.9 Å². The molecule has 0 aliphatic carbocycles. The minimum absolute atomic E-state index is 0.143. The predicted molar refractivity (Wildman–Crippen MR) is 64.0 cm³/mol. The molecule has 1 atom stereocenters. The Morgan fingerprint density at radius 1 is 1.76 bits per heavy atom. The highest BCUT2D eigenvalue weighted by molar-refractivity contribution is 8.00. The first kappa shape index (κ1) is 13.5. The van der Waals surface area contributed by atoms with Gasteiger partial charge in [-0.05, 0) is 17.4 Å². The summed E-state index contributed by atoms with van der Waals surface area (Å²) in [7, 11) is 0. The molecule has 0 radical (unpaired) electrons. The van der Waals surface area contributed by atoms with Gasteiger partial charge in [-0.2, -0.15) is 0 Å². The maximum atomic E-state index is 11.6. The summed E-state index contributed by atoms with van der Waals surface area (Å²) in [6.45, 7) is 2.94. The van der Waals surface area contributed by atoms with Crippen molar-refractivity contribution in [3.8, 4) is 12.3 Å². The molecule has 0 bridgehead atoms. The number of rotatable bonds is 6. The van der Waals surface area contributed by atoms with E-state index in [4.69, 9.17) is 12.2 Å². The summed E-state index contributed by atoms with van der Waals surface area (Å²) in [6.07, 6.45) is 5.05. The van der Waals surface area contributed by atoms with E-state index in [0.717, 1.165) is 0 Å². The van der Waals surface area contributed by atoms with E-state index in [1.165, 1.54) is 11.8 Å². The molecular formula is C9H14N6OS. The van der Waals surface area contributed by atoms with Crippen LogP contribution in [0, 0.1) is 12.3 Å². The average Bonchev–Trinajstić information content (AvgIpc) is 2.74. The topological polar surface area (TPSA) is 98.7 Å². The molecule has 7 nitrogen and oxygen atoms in total. The number of tetrazole rings is 1. The third-order valence-corrected chi connectivity index (χ3v) is 2.93. The van der Waals surface area contributed by atoms with Gasteiger partial charge in [0.1, 0.15) is 0 Å². The van der Waals surface area contributed by atoms with Gasteiger partial charge in [-0.1, -0.05) is 17.7 Å². The van der Waals surface area contributed by atoms with E-state index in [1.807, 2.05) is 0 Å². The van der Waals surface area contributed by atoms with Crippen molar-refractivity contribution in [1.82, 2.24) is 25.5 Å². The Balaban J connectivity index is 2.55. The normalized spacial score (nSPS) is 11.8. The molecule has 0 saturated carbocycles. The fourth-order valence-electron chi connectivity index (χ4n) is 1.04. The van der Waals surface area contributed by atoms with Crippen molar-refractivity contribution >= 4 is 17.7 Å². The number of aromatic nitrogens is 4. The fraction of sp³-hybridized carbons (Fsp3) is 0.556. The number of nitrogens with zero attached hydrogens (tertiary/aromatic N) is 4. The van der Waals surface area contributed by atoms with Crippen molar-refractivity contribution in [3.63, 3.8) is 0 Å². The summed E-state index contributed by atoms with van der Waals surface area (Å²) in [5.41, 5.74) is 5.42. The van der Waals surface area contributed by atoms with Crippen LogP contribution in [0.5, 0.6) is 0 Å². The number of carbonyl (C=O) groups excluding carboxylic acids is 1. The van der Waals surface area contributed by atoms with Gasteiger partial charge in [0.15, 0.2) is 0 Å². The van der Waals surface area contributed by atoms with Crippen molar-refractivity contribution in [2.75, 3.05) is 13.1 Å². The number of nitrogens with one attached hydrogen (secondary N) is 1. The number of hydrogen-bond acceptors (Lipinski definition) is 6. The molecule has 0 spiro atoms. The van der Waals surface area contributed by atoms with Gasteiger partial charge >= 0.3 is 0 Å². The molecule has 1 aromatic heterocycles. The molecule has 3 N–H and O–H groups in total. The van der Waals surface area contributed by atoms with Crippen LogP contribution >= 0.6 is 11.8 Å². The molecule has 0 saturated heterocycles. The van der Waals surface area contributed by atoms with Gasteiger partial charge in [-0.3, -0.25) is 4.79 Å². The number of hydrogen-bond donors (Lipinski definition) is 2. The van der Waals surface area contributed by atoms with Crippen LogP contribution in [0.1, 0.15) is 6.92 Å². The molecule has 0 fully saturated rings. The van der Waals surface area contributed by atoms with Gasteiger partial charge < -0.3 is 11.1 Å². The number of carbonyl (C=O) groups is 1. The Hall–Kier alpha value is -1.59. The molecule has 1 amide bonds. The average molecular weight is 254 g/mol. The molecule has 0 aliphatic rings. The van der Waals surface area contributed by atoms with Crippen LogP contribution in [0.25, 0.3) is 0 Å². The number of terminal acetylenes is 1. The van der Waals surface area contributed by atoms with Gasteiger partial charge in [-0.25, -0.2) is 4.68 Å². The van der Waals surface area contributed by atoms with Gasteiger partial charge in [-0.15, -0.1) is 11.5 Å². The lowest BCUT2D eigenvalue weighted by atomic mass is 10.4. The summed E-state index contributed by atoms with van der Waals surface area (Å²) in [5.74, 6) is 2.20. The van der Waals surface area contributed by atoms with Gasteiger partial charge in [0.05, 0.1) is 18.3 Å². The monoisotopic (exact) mass is 254 g/mol. The highest BCUT2D eigenvalue weighted by Crippen LogP contribution is 2.19. The Bertz CT molecular complexity index is 412. The second-order valence-corrected chi connectivity index (χ2v) is 4.46. The molecular weight excluding hydrogens is 240 g/mol. The number of thioether (sulfide) groups is 1. The lowest BCUT2D eigenvalue weighted by Crippen LogP contribution is -2.31.